The number of H-pyrrole nitrogens is 1. The van der Waals surface area contributed by atoms with Crippen LogP contribution in [0.5, 0.6) is 0 Å². The topological polar surface area (TPSA) is 99.0 Å². The van der Waals surface area contributed by atoms with E-state index in [2.05, 4.69) is 9.97 Å². The largest absolute Gasteiger partial charge is 0.454 e. The fraction of sp³-hybridized carbons (Fsp3) is 0.364. The summed E-state index contributed by atoms with van der Waals surface area (Å²) in [6.45, 7) is 4.83. The average molecular weight is 445 g/mol. The van der Waals surface area contributed by atoms with Crippen LogP contribution >= 0.6 is 11.6 Å². The molecule has 0 spiro atoms. The van der Waals surface area contributed by atoms with Gasteiger partial charge in [-0.2, -0.15) is 0 Å². The number of aromatic amines is 1. The molecule has 0 saturated carbocycles. The van der Waals surface area contributed by atoms with Crippen LogP contribution < -0.4 is 11.2 Å². The molecule has 2 heterocycles. The van der Waals surface area contributed by atoms with Crippen LogP contribution in [0.4, 0.5) is 0 Å². The second-order valence-electron chi connectivity index (χ2n) is 7.11. The van der Waals surface area contributed by atoms with Crippen LogP contribution in [0.25, 0.3) is 17.2 Å². The molecule has 31 heavy (non-hydrogen) atoms. The summed E-state index contributed by atoms with van der Waals surface area (Å²) in [4.78, 5) is 43.9. The van der Waals surface area contributed by atoms with E-state index in [0.717, 1.165) is 24.8 Å². The number of imidazole rings is 1. The number of aromatic nitrogens is 4. The van der Waals surface area contributed by atoms with E-state index >= 15 is 0 Å². The third-order valence-corrected chi connectivity index (χ3v) is 4.99. The van der Waals surface area contributed by atoms with Crippen molar-refractivity contribution in [2.75, 3.05) is 0 Å². The van der Waals surface area contributed by atoms with Gasteiger partial charge < -0.3 is 9.30 Å². The molecule has 0 atom stereocenters. The molecule has 0 bridgehead atoms. The molecule has 0 unspecified atom stereocenters. The molecule has 0 fully saturated rings. The average Bonchev–Trinajstić information content (AvgIpc) is 3.09. The Bertz CT molecular complexity index is 1220. The Labute approximate surface area is 184 Å². The van der Waals surface area contributed by atoms with E-state index in [4.69, 9.17) is 16.3 Å². The van der Waals surface area contributed by atoms with Crippen LogP contribution in [0.1, 0.15) is 44.5 Å². The zero-order chi connectivity index (χ0) is 22.4. The second-order valence-corrected chi connectivity index (χ2v) is 7.55. The number of aryl methyl sites for hydroxylation is 2. The van der Waals surface area contributed by atoms with Crippen LogP contribution in [0.2, 0.25) is 5.02 Å². The van der Waals surface area contributed by atoms with E-state index in [-0.39, 0.29) is 6.61 Å². The first-order chi connectivity index (χ1) is 14.9. The molecular formula is C22H25ClN4O4. The third-order valence-electron chi connectivity index (χ3n) is 4.75. The van der Waals surface area contributed by atoms with Gasteiger partial charge in [-0.15, -0.1) is 0 Å². The third kappa shape index (κ3) is 5.32. The van der Waals surface area contributed by atoms with E-state index < -0.39 is 17.2 Å². The number of hydrogen-bond acceptors (Lipinski definition) is 5. The van der Waals surface area contributed by atoms with Gasteiger partial charge in [0.2, 0.25) is 0 Å². The van der Waals surface area contributed by atoms with E-state index in [0.29, 0.717) is 35.1 Å². The Hall–Kier alpha value is -3.13. The number of unbranched alkanes of at least 4 members (excludes halogenated alkanes) is 1. The van der Waals surface area contributed by atoms with Crippen molar-refractivity contribution in [3.63, 3.8) is 0 Å². The predicted octanol–water partition coefficient (Wildman–Crippen LogP) is 3.51. The predicted molar refractivity (Wildman–Crippen MR) is 120 cm³/mol. The zero-order valence-corrected chi connectivity index (χ0v) is 18.3. The highest BCUT2D eigenvalue weighted by Gasteiger charge is 2.18. The SMILES string of the molecule is CCCCn1c(=O)[nH]c(=O)c2c1nc(COC(=O)/C=C/c1cccc(Cl)c1)n2CCC. The molecule has 0 aliphatic carbocycles. The van der Waals surface area contributed by atoms with Gasteiger partial charge in [0, 0.05) is 24.2 Å². The summed E-state index contributed by atoms with van der Waals surface area (Å²) in [5, 5.41) is 0.572. The Morgan fingerprint density at radius 2 is 2.00 bits per heavy atom. The number of rotatable bonds is 9. The van der Waals surface area contributed by atoms with Gasteiger partial charge in [0.15, 0.2) is 11.2 Å². The van der Waals surface area contributed by atoms with Crippen molar-refractivity contribution in [3.05, 3.63) is 67.6 Å². The molecule has 1 aromatic carbocycles. The lowest BCUT2D eigenvalue weighted by atomic mass is 10.2. The summed E-state index contributed by atoms with van der Waals surface area (Å²) in [6, 6.07) is 7.08. The van der Waals surface area contributed by atoms with Crippen molar-refractivity contribution in [1.29, 1.82) is 0 Å². The highest BCUT2D eigenvalue weighted by Crippen LogP contribution is 2.15. The smallest absolute Gasteiger partial charge is 0.331 e. The maximum Gasteiger partial charge on any atom is 0.331 e. The first-order valence-corrected chi connectivity index (χ1v) is 10.6. The number of benzene rings is 1. The van der Waals surface area contributed by atoms with Crippen LogP contribution in [-0.2, 0) is 29.2 Å². The lowest BCUT2D eigenvalue weighted by Gasteiger charge is -2.08. The fourth-order valence-corrected chi connectivity index (χ4v) is 3.47. The van der Waals surface area contributed by atoms with Crippen molar-refractivity contribution in [1.82, 2.24) is 19.1 Å². The summed E-state index contributed by atoms with van der Waals surface area (Å²) in [6.07, 6.45) is 5.33. The lowest BCUT2D eigenvalue weighted by molar-refractivity contribution is -0.139. The first kappa shape index (κ1) is 22.6. The maximum absolute atomic E-state index is 12.5. The summed E-state index contributed by atoms with van der Waals surface area (Å²) < 4.78 is 8.53. The molecule has 0 aliphatic heterocycles. The maximum atomic E-state index is 12.5. The summed E-state index contributed by atoms with van der Waals surface area (Å²) in [5.74, 6) is -0.130. The number of carbonyl (C=O) groups excluding carboxylic acids is 1. The monoisotopic (exact) mass is 444 g/mol. The number of halogens is 1. The Balaban J connectivity index is 1.88. The number of esters is 1. The van der Waals surface area contributed by atoms with Crippen LogP contribution in [0.15, 0.2) is 39.9 Å². The van der Waals surface area contributed by atoms with Gasteiger partial charge >= 0.3 is 11.7 Å². The number of nitrogens with zero attached hydrogens (tertiary/aromatic N) is 3. The molecule has 0 radical (unpaired) electrons. The fourth-order valence-electron chi connectivity index (χ4n) is 3.27. The Morgan fingerprint density at radius 1 is 1.19 bits per heavy atom. The van der Waals surface area contributed by atoms with Crippen LogP contribution in [0.3, 0.4) is 0 Å². The zero-order valence-electron chi connectivity index (χ0n) is 17.6. The summed E-state index contributed by atoms with van der Waals surface area (Å²) in [5.41, 5.74) is 0.426. The van der Waals surface area contributed by atoms with Gasteiger partial charge in [0.1, 0.15) is 12.4 Å². The van der Waals surface area contributed by atoms with E-state index in [1.54, 1.807) is 28.8 Å². The summed E-state index contributed by atoms with van der Waals surface area (Å²) in [7, 11) is 0. The van der Waals surface area contributed by atoms with E-state index in [1.807, 2.05) is 19.9 Å². The quantitative estimate of drug-likeness (QED) is 0.402. The minimum Gasteiger partial charge on any atom is -0.454 e. The Morgan fingerprint density at radius 3 is 2.71 bits per heavy atom. The minimum atomic E-state index is -0.549. The van der Waals surface area contributed by atoms with Crippen molar-refractivity contribution in [2.24, 2.45) is 0 Å². The molecule has 9 heteroatoms. The van der Waals surface area contributed by atoms with Crippen LogP contribution in [-0.4, -0.2) is 25.1 Å². The molecule has 1 N–H and O–H groups in total. The molecule has 3 rings (SSSR count). The molecule has 164 valence electrons. The highest BCUT2D eigenvalue weighted by molar-refractivity contribution is 6.30. The molecule has 0 aliphatic rings. The van der Waals surface area contributed by atoms with Gasteiger partial charge in [-0.25, -0.2) is 14.6 Å². The van der Waals surface area contributed by atoms with Gasteiger partial charge in [0.05, 0.1) is 0 Å². The van der Waals surface area contributed by atoms with E-state index in [1.165, 1.54) is 10.6 Å². The van der Waals surface area contributed by atoms with Gasteiger partial charge in [-0.1, -0.05) is 44.0 Å². The molecule has 3 aromatic rings. The van der Waals surface area contributed by atoms with Gasteiger partial charge in [-0.05, 0) is 36.6 Å². The molecule has 0 saturated heterocycles. The van der Waals surface area contributed by atoms with Gasteiger partial charge in [0.25, 0.3) is 5.56 Å². The standard InChI is InChI=1S/C22H25ClN4O4/c1-3-5-12-27-20-19(21(29)25-22(27)30)26(11-4-2)17(24-20)14-31-18(28)10-9-15-7-6-8-16(23)13-15/h6-10,13H,3-5,11-12,14H2,1-2H3,(H,25,29,30)/b10-9+. The highest BCUT2D eigenvalue weighted by atomic mass is 35.5. The minimum absolute atomic E-state index is 0.116. The second kappa shape index (κ2) is 10.3. The molecule has 0 amide bonds. The van der Waals surface area contributed by atoms with Crippen molar-refractivity contribution in [3.8, 4) is 0 Å². The summed E-state index contributed by atoms with van der Waals surface area (Å²) >= 11 is 5.94. The number of fused-ring (bicyclic) bond motifs is 1. The van der Waals surface area contributed by atoms with Crippen LogP contribution in [0, 0.1) is 0 Å². The van der Waals surface area contributed by atoms with Crippen molar-refractivity contribution >= 4 is 34.8 Å². The van der Waals surface area contributed by atoms with Crippen molar-refractivity contribution < 1.29 is 9.53 Å². The Kier molecular flexibility index (Phi) is 7.46. The number of hydrogen-bond donors (Lipinski definition) is 1. The molecule has 8 nitrogen and oxygen atoms in total. The first-order valence-electron chi connectivity index (χ1n) is 10.3. The van der Waals surface area contributed by atoms with E-state index in [9.17, 15) is 14.4 Å². The lowest BCUT2D eigenvalue weighted by Crippen LogP contribution is -2.31. The van der Waals surface area contributed by atoms with Gasteiger partial charge in [-0.3, -0.25) is 14.3 Å². The molecule has 2 aromatic heterocycles. The normalized spacial score (nSPS) is 11.5. The number of nitrogens with one attached hydrogen (secondary N) is 1. The molecular weight excluding hydrogens is 420 g/mol. The van der Waals surface area contributed by atoms with Crippen molar-refractivity contribution in [2.45, 2.75) is 52.8 Å². The number of ether oxygens (including phenoxy) is 1. The number of carbonyl (C=O) groups is 1.